The van der Waals surface area contributed by atoms with Crippen molar-refractivity contribution in [2.75, 3.05) is 20.2 Å². The third-order valence-corrected chi connectivity index (χ3v) is 6.05. The van der Waals surface area contributed by atoms with Gasteiger partial charge < -0.3 is 14.0 Å². The van der Waals surface area contributed by atoms with Gasteiger partial charge in [0.05, 0.1) is 17.9 Å². The van der Waals surface area contributed by atoms with E-state index in [1.165, 1.54) is 5.69 Å². The maximum atomic E-state index is 12.9. The molecule has 2 aliphatic rings. The topological polar surface area (TPSA) is 50.1 Å². The molecule has 0 bridgehead atoms. The summed E-state index contributed by atoms with van der Waals surface area (Å²) in [5.74, 6) is 0.330. The van der Waals surface area contributed by atoms with Gasteiger partial charge in [-0.2, -0.15) is 0 Å². The monoisotopic (exact) mass is 376 g/mol. The van der Waals surface area contributed by atoms with Crippen LogP contribution >= 0.6 is 0 Å². The zero-order valence-corrected chi connectivity index (χ0v) is 15.9. The first-order chi connectivity index (χ1) is 13.7. The highest BCUT2D eigenvalue weighted by Gasteiger charge is 2.52. The van der Waals surface area contributed by atoms with Crippen molar-refractivity contribution in [1.29, 1.82) is 0 Å². The summed E-state index contributed by atoms with van der Waals surface area (Å²) in [6.07, 6.45) is 3.66. The van der Waals surface area contributed by atoms with Crippen molar-refractivity contribution >= 4 is 11.6 Å². The van der Waals surface area contributed by atoms with Gasteiger partial charge in [-0.05, 0) is 17.7 Å². The molecular weight excluding hydrogens is 352 g/mol. The number of amides is 1. The van der Waals surface area contributed by atoms with Crippen LogP contribution in [-0.4, -0.2) is 57.4 Å². The van der Waals surface area contributed by atoms with E-state index in [2.05, 4.69) is 32.6 Å². The number of aromatic nitrogens is 2. The predicted molar refractivity (Wildman–Crippen MR) is 106 cm³/mol. The van der Waals surface area contributed by atoms with Crippen LogP contribution in [0, 0.1) is 5.92 Å². The highest BCUT2D eigenvalue weighted by molar-refractivity contribution is 5.84. The molecule has 0 unspecified atom stereocenters. The van der Waals surface area contributed by atoms with Gasteiger partial charge in [-0.1, -0.05) is 36.4 Å². The number of methoxy groups -OCH3 is 1. The zero-order chi connectivity index (χ0) is 19.1. The maximum Gasteiger partial charge on any atom is 0.252 e. The minimum Gasteiger partial charge on any atom is -0.371 e. The van der Waals surface area contributed by atoms with Gasteiger partial charge >= 0.3 is 0 Å². The molecule has 1 aromatic carbocycles. The Morgan fingerprint density at radius 3 is 2.71 bits per heavy atom. The molecule has 2 aromatic heterocycles. The number of likely N-dealkylation sites (tertiary alicyclic amines) is 2. The lowest BCUT2D eigenvalue weighted by Gasteiger charge is -2.25. The quantitative estimate of drug-likeness (QED) is 0.685. The van der Waals surface area contributed by atoms with Gasteiger partial charge in [0.2, 0.25) is 0 Å². The van der Waals surface area contributed by atoms with Gasteiger partial charge in [0, 0.05) is 45.4 Å². The van der Waals surface area contributed by atoms with Gasteiger partial charge in [0.25, 0.3) is 5.91 Å². The van der Waals surface area contributed by atoms with Gasteiger partial charge in [-0.15, -0.1) is 0 Å². The smallest absolute Gasteiger partial charge is 0.252 e. The number of benzene rings is 1. The molecule has 0 N–H and O–H groups in total. The van der Waals surface area contributed by atoms with Crippen LogP contribution in [0.1, 0.15) is 11.3 Å². The third kappa shape index (κ3) is 2.89. The van der Waals surface area contributed by atoms with E-state index in [9.17, 15) is 4.79 Å². The first-order valence-electron chi connectivity index (χ1n) is 9.75. The van der Waals surface area contributed by atoms with Gasteiger partial charge in [0.1, 0.15) is 11.8 Å². The Kier molecular flexibility index (Phi) is 4.37. The Bertz CT molecular complexity index is 986. The van der Waals surface area contributed by atoms with Crippen molar-refractivity contribution < 1.29 is 9.53 Å². The molecule has 4 heterocycles. The molecule has 5 rings (SSSR count). The highest BCUT2D eigenvalue weighted by atomic mass is 16.5. The fourth-order valence-corrected chi connectivity index (χ4v) is 4.74. The molecule has 1 amide bonds. The standard InChI is InChI=1S/C22H24N4O2/c1-28-21-18-14-24(13-17-11-23-20-9-5-6-10-25(17)20)15-19(18)26(22(21)27)12-16-7-3-2-4-8-16/h2-11,18-19,21H,12-15H2,1H3/t18-,19+,21-/m0/s1. The Balaban J connectivity index is 1.36. The Labute approximate surface area is 164 Å². The van der Waals surface area contributed by atoms with Crippen LogP contribution in [0.4, 0.5) is 0 Å². The van der Waals surface area contributed by atoms with E-state index >= 15 is 0 Å². The van der Waals surface area contributed by atoms with Crippen LogP contribution < -0.4 is 0 Å². The molecule has 2 fully saturated rings. The second-order valence-electron chi connectivity index (χ2n) is 7.71. The Morgan fingerprint density at radius 1 is 1.07 bits per heavy atom. The number of carbonyl (C=O) groups excluding carboxylic acids is 1. The van der Waals surface area contributed by atoms with E-state index in [0.29, 0.717) is 6.54 Å². The first-order valence-corrected chi connectivity index (χ1v) is 9.75. The van der Waals surface area contributed by atoms with Gasteiger partial charge in [0.15, 0.2) is 0 Å². The lowest BCUT2D eigenvalue weighted by molar-refractivity contribution is -0.138. The molecule has 3 aromatic rings. The Morgan fingerprint density at radius 2 is 1.89 bits per heavy atom. The van der Waals surface area contributed by atoms with E-state index in [1.54, 1.807) is 7.11 Å². The summed E-state index contributed by atoms with van der Waals surface area (Å²) in [7, 11) is 1.65. The van der Waals surface area contributed by atoms with E-state index in [-0.39, 0.29) is 24.0 Å². The van der Waals surface area contributed by atoms with Crippen molar-refractivity contribution in [3.8, 4) is 0 Å². The normalized spacial score (nSPS) is 25.0. The van der Waals surface area contributed by atoms with Crippen LogP contribution in [0.15, 0.2) is 60.9 Å². The molecular formula is C22H24N4O2. The number of fused-ring (bicyclic) bond motifs is 2. The number of pyridine rings is 1. The van der Waals surface area contributed by atoms with Crippen molar-refractivity contribution in [2.24, 2.45) is 5.92 Å². The summed E-state index contributed by atoms with van der Waals surface area (Å²) >= 11 is 0. The lowest BCUT2D eigenvalue weighted by atomic mass is 10.0. The average Bonchev–Trinajstić information content (AvgIpc) is 3.38. The fraction of sp³-hybridized carbons (Fsp3) is 0.364. The SMILES string of the molecule is CO[C@@H]1C(=O)N(Cc2ccccc2)[C@@H]2CN(Cc3cnc4ccccn34)C[C@H]12. The van der Waals surface area contributed by atoms with E-state index in [1.807, 2.05) is 47.5 Å². The molecule has 0 aliphatic carbocycles. The van der Waals surface area contributed by atoms with Crippen molar-refractivity contribution in [3.05, 3.63) is 72.2 Å². The predicted octanol–water partition coefficient (Wildman–Crippen LogP) is 2.19. The van der Waals surface area contributed by atoms with Gasteiger partial charge in [-0.3, -0.25) is 9.69 Å². The number of carbonyl (C=O) groups is 1. The average molecular weight is 376 g/mol. The minimum atomic E-state index is -0.346. The van der Waals surface area contributed by atoms with Crippen LogP contribution in [-0.2, 0) is 22.6 Å². The van der Waals surface area contributed by atoms with Crippen molar-refractivity contribution in [2.45, 2.75) is 25.2 Å². The number of ether oxygens (including phenoxy) is 1. The Hall–Kier alpha value is -2.70. The summed E-state index contributed by atoms with van der Waals surface area (Å²) in [6.45, 7) is 3.19. The van der Waals surface area contributed by atoms with Crippen molar-refractivity contribution in [3.63, 3.8) is 0 Å². The van der Waals surface area contributed by atoms with Crippen LogP contribution in [0.5, 0.6) is 0 Å². The van der Waals surface area contributed by atoms with Crippen LogP contribution in [0.3, 0.4) is 0 Å². The second kappa shape index (κ2) is 7.04. The minimum absolute atomic E-state index is 0.121. The molecule has 2 saturated heterocycles. The summed E-state index contributed by atoms with van der Waals surface area (Å²) in [5, 5.41) is 0. The zero-order valence-electron chi connectivity index (χ0n) is 15.9. The van der Waals surface area contributed by atoms with Gasteiger partial charge in [-0.25, -0.2) is 4.98 Å². The van der Waals surface area contributed by atoms with E-state index in [0.717, 1.165) is 30.8 Å². The van der Waals surface area contributed by atoms with Crippen LogP contribution in [0.2, 0.25) is 0 Å². The van der Waals surface area contributed by atoms with Crippen molar-refractivity contribution in [1.82, 2.24) is 19.2 Å². The molecule has 144 valence electrons. The second-order valence-corrected chi connectivity index (χ2v) is 7.71. The molecule has 6 nitrogen and oxygen atoms in total. The first kappa shape index (κ1) is 17.4. The van der Waals surface area contributed by atoms with Crippen LogP contribution in [0.25, 0.3) is 5.65 Å². The molecule has 0 saturated carbocycles. The number of imidazole rings is 1. The molecule has 6 heteroatoms. The number of hydrogen-bond acceptors (Lipinski definition) is 4. The third-order valence-electron chi connectivity index (χ3n) is 6.05. The fourth-order valence-electron chi connectivity index (χ4n) is 4.74. The van der Waals surface area contributed by atoms with E-state index in [4.69, 9.17) is 4.74 Å². The molecule has 0 radical (unpaired) electrons. The number of nitrogens with zero attached hydrogens (tertiary/aromatic N) is 4. The highest BCUT2D eigenvalue weighted by Crippen LogP contribution is 2.35. The summed E-state index contributed by atoms with van der Waals surface area (Å²) in [4.78, 5) is 21.9. The summed E-state index contributed by atoms with van der Waals surface area (Å²) in [5.41, 5.74) is 3.30. The maximum absolute atomic E-state index is 12.9. The number of hydrogen-bond donors (Lipinski definition) is 0. The largest absolute Gasteiger partial charge is 0.371 e. The van der Waals surface area contributed by atoms with E-state index < -0.39 is 0 Å². The molecule has 2 aliphatic heterocycles. The molecule has 3 atom stereocenters. The number of rotatable bonds is 5. The molecule has 28 heavy (non-hydrogen) atoms. The molecule has 0 spiro atoms. The summed E-state index contributed by atoms with van der Waals surface area (Å²) in [6, 6.07) is 16.4. The lowest BCUT2D eigenvalue weighted by Crippen LogP contribution is -2.38. The summed E-state index contributed by atoms with van der Waals surface area (Å²) < 4.78 is 7.76.